The molecule has 0 radical (unpaired) electrons. The fourth-order valence-electron chi connectivity index (χ4n) is 0.565. The van der Waals surface area contributed by atoms with E-state index in [0.29, 0.717) is 0 Å². The predicted octanol–water partition coefficient (Wildman–Crippen LogP) is 0.824. The molecule has 1 N–H and O–H groups in total. The molecule has 66 valence electrons. The van der Waals surface area contributed by atoms with Gasteiger partial charge in [0.25, 0.3) is 12.0 Å². The third-order valence-corrected chi connectivity index (χ3v) is 1.67. The van der Waals surface area contributed by atoms with Crippen LogP contribution in [0.15, 0.2) is 9.95 Å². The Bertz CT molecular complexity index is 327. The molecule has 0 saturated carbocycles. The minimum Gasteiger partial charge on any atom is -0.298 e. The Labute approximate surface area is 70.4 Å². The molecule has 7 heteroatoms. The van der Waals surface area contributed by atoms with E-state index in [1.807, 2.05) is 0 Å². The third kappa shape index (κ3) is 1.79. The highest BCUT2D eigenvalue weighted by Gasteiger charge is 2.14. The Hall–Kier alpha value is -0.980. The molecule has 1 rings (SSSR count). The number of hydrogen-bond acceptors (Lipinski definition) is 4. The highest BCUT2D eigenvalue weighted by atomic mass is 32.2. The predicted molar refractivity (Wildman–Crippen MR) is 39.4 cm³/mol. The molecular formula is C5H5F2N3OS. The first-order valence-corrected chi connectivity index (χ1v) is 4.16. The zero-order chi connectivity index (χ0) is 9.14. The van der Waals surface area contributed by atoms with Crippen LogP contribution in [0.5, 0.6) is 0 Å². The van der Waals surface area contributed by atoms with E-state index in [2.05, 4.69) is 15.2 Å². The minimum absolute atomic E-state index is 0.226. The van der Waals surface area contributed by atoms with Gasteiger partial charge in [0.2, 0.25) is 0 Å². The Morgan fingerprint density at radius 1 is 1.50 bits per heavy atom. The van der Waals surface area contributed by atoms with Crippen molar-refractivity contribution in [2.45, 2.75) is 11.6 Å². The van der Waals surface area contributed by atoms with Gasteiger partial charge in [-0.3, -0.25) is 9.78 Å². The second kappa shape index (κ2) is 3.61. The number of nitrogens with zero attached hydrogens (tertiary/aromatic N) is 2. The van der Waals surface area contributed by atoms with Gasteiger partial charge in [0.05, 0.1) is 0 Å². The van der Waals surface area contributed by atoms with Gasteiger partial charge in [-0.05, 0) is 6.26 Å². The number of thioether (sulfide) groups is 1. The minimum atomic E-state index is -2.88. The van der Waals surface area contributed by atoms with E-state index in [0.717, 1.165) is 11.8 Å². The summed E-state index contributed by atoms with van der Waals surface area (Å²) in [6.45, 7) is 0. The summed E-state index contributed by atoms with van der Waals surface area (Å²) in [7, 11) is 0. The Morgan fingerprint density at radius 3 is 2.58 bits per heavy atom. The van der Waals surface area contributed by atoms with Crippen molar-refractivity contribution < 1.29 is 8.78 Å². The van der Waals surface area contributed by atoms with Gasteiger partial charge in [0.15, 0.2) is 10.9 Å². The second-order valence-electron chi connectivity index (χ2n) is 1.85. The molecule has 0 fully saturated rings. The maximum atomic E-state index is 11.9. The van der Waals surface area contributed by atoms with E-state index >= 15 is 0 Å². The van der Waals surface area contributed by atoms with Gasteiger partial charge in [0, 0.05) is 0 Å². The normalized spacial score (nSPS) is 10.7. The van der Waals surface area contributed by atoms with Crippen molar-refractivity contribution in [3.05, 3.63) is 16.0 Å². The van der Waals surface area contributed by atoms with Crippen LogP contribution in [0, 0.1) is 0 Å². The molecule has 0 aliphatic heterocycles. The summed E-state index contributed by atoms with van der Waals surface area (Å²) in [5.74, 6) is 0. The molecule has 0 aliphatic rings. The molecule has 1 aromatic rings. The fourth-order valence-corrected chi connectivity index (χ4v) is 0.883. The number of halogens is 2. The number of aromatic nitrogens is 3. The molecule has 1 aromatic heterocycles. The lowest BCUT2D eigenvalue weighted by molar-refractivity contribution is 0.142. The molecule has 0 unspecified atom stereocenters. The van der Waals surface area contributed by atoms with Crippen LogP contribution in [-0.4, -0.2) is 21.4 Å². The van der Waals surface area contributed by atoms with Gasteiger partial charge in [-0.1, -0.05) is 11.8 Å². The lowest BCUT2D eigenvalue weighted by atomic mass is 10.5. The molecule has 4 nitrogen and oxygen atoms in total. The summed E-state index contributed by atoms with van der Waals surface area (Å²) in [5, 5.41) is 6.67. The average molecular weight is 193 g/mol. The molecule has 0 aliphatic carbocycles. The van der Waals surface area contributed by atoms with Crippen molar-refractivity contribution in [1.82, 2.24) is 15.2 Å². The number of nitrogens with one attached hydrogen (secondary N) is 1. The van der Waals surface area contributed by atoms with Crippen molar-refractivity contribution >= 4 is 11.8 Å². The maximum Gasteiger partial charge on any atom is 0.287 e. The molecule has 0 spiro atoms. The van der Waals surface area contributed by atoms with E-state index in [9.17, 15) is 13.6 Å². The standard InChI is InChI=1S/C5H5F2N3OS/c1-12-5-8-4(11)2(3(6)7)9-10-5/h3H,1H3,(H,8,10,11). The van der Waals surface area contributed by atoms with Crippen molar-refractivity contribution in [2.75, 3.05) is 6.26 Å². The highest BCUT2D eigenvalue weighted by molar-refractivity contribution is 7.98. The monoisotopic (exact) mass is 193 g/mol. The summed E-state index contributed by atoms with van der Waals surface area (Å²) < 4.78 is 23.9. The fraction of sp³-hybridized carbons (Fsp3) is 0.400. The first-order valence-electron chi connectivity index (χ1n) is 2.94. The number of rotatable bonds is 2. The van der Waals surface area contributed by atoms with Gasteiger partial charge in [-0.25, -0.2) is 8.78 Å². The summed E-state index contributed by atoms with van der Waals surface area (Å²) in [4.78, 5) is 12.9. The zero-order valence-electron chi connectivity index (χ0n) is 6.04. The van der Waals surface area contributed by atoms with Gasteiger partial charge in [-0.15, -0.1) is 10.2 Å². The van der Waals surface area contributed by atoms with Crippen LogP contribution < -0.4 is 5.56 Å². The van der Waals surface area contributed by atoms with Crippen LogP contribution in [0.3, 0.4) is 0 Å². The van der Waals surface area contributed by atoms with Gasteiger partial charge >= 0.3 is 0 Å². The quantitative estimate of drug-likeness (QED) is 0.706. The largest absolute Gasteiger partial charge is 0.298 e. The Balaban J connectivity index is 3.12. The summed E-state index contributed by atoms with van der Waals surface area (Å²) in [6.07, 6.45) is -1.22. The van der Waals surface area contributed by atoms with Crippen molar-refractivity contribution in [3.8, 4) is 0 Å². The molecule has 0 amide bonds. The number of alkyl halides is 2. The number of H-pyrrole nitrogens is 1. The Kier molecular flexibility index (Phi) is 2.74. The average Bonchev–Trinajstić information content (AvgIpc) is 2.03. The van der Waals surface area contributed by atoms with Crippen LogP contribution in [0.1, 0.15) is 12.1 Å². The second-order valence-corrected chi connectivity index (χ2v) is 2.64. The van der Waals surface area contributed by atoms with Crippen LogP contribution >= 0.6 is 11.8 Å². The van der Waals surface area contributed by atoms with Crippen LogP contribution in [0.4, 0.5) is 8.78 Å². The first-order chi connectivity index (χ1) is 5.65. The van der Waals surface area contributed by atoms with Crippen LogP contribution in [0.25, 0.3) is 0 Å². The molecule has 0 atom stereocenters. The first kappa shape index (κ1) is 9.11. The van der Waals surface area contributed by atoms with Crippen molar-refractivity contribution in [2.24, 2.45) is 0 Å². The van der Waals surface area contributed by atoms with E-state index in [-0.39, 0.29) is 5.16 Å². The van der Waals surface area contributed by atoms with Gasteiger partial charge in [0.1, 0.15) is 0 Å². The number of aromatic amines is 1. The number of hydrogen-bond donors (Lipinski definition) is 1. The third-order valence-electron chi connectivity index (χ3n) is 1.10. The molecule has 12 heavy (non-hydrogen) atoms. The summed E-state index contributed by atoms with van der Waals surface area (Å²) >= 11 is 1.13. The molecular weight excluding hydrogens is 188 g/mol. The molecule has 0 saturated heterocycles. The highest BCUT2D eigenvalue weighted by Crippen LogP contribution is 2.11. The van der Waals surface area contributed by atoms with E-state index < -0.39 is 17.7 Å². The molecule has 0 bridgehead atoms. The van der Waals surface area contributed by atoms with E-state index in [1.54, 1.807) is 6.26 Å². The molecule has 0 aromatic carbocycles. The topological polar surface area (TPSA) is 58.6 Å². The van der Waals surface area contributed by atoms with Crippen LogP contribution in [0.2, 0.25) is 0 Å². The van der Waals surface area contributed by atoms with E-state index in [4.69, 9.17) is 0 Å². The maximum absolute atomic E-state index is 11.9. The van der Waals surface area contributed by atoms with Crippen molar-refractivity contribution in [1.29, 1.82) is 0 Å². The zero-order valence-corrected chi connectivity index (χ0v) is 6.86. The smallest absolute Gasteiger partial charge is 0.287 e. The summed E-state index contributed by atoms with van der Waals surface area (Å²) in [6, 6.07) is 0. The Morgan fingerprint density at radius 2 is 2.17 bits per heavy atom. The van der Waals surface area contributed by atoms with E-state index in [1.165, 1.54) is 0 Å². The lowest BCUT2D eigenvalue weighted by Gasteiger charge is -1.96. The van der Waals surface area contributed by atoms with Gasteiger partial charge in [-0.2, -0.15) is 0 Å². The van der Waals surface area contributed by atoms with Crippen molar-refractivity contribution in [3.63, 3.8) is 0 Å². The van der Waals surface area contributed by atoms with Crippen LogP contribution in [-0.2, 0) is 0 Å². The lowest BCUT2D eigenvalue weighted by Crippen LogP contribution is -2.17. The molecule has 1 heterocycles. The summed E-state index contributed by atoms with van der Waals surface area (Å²) in [5.41, 5.74) is -1.72. The van der Waals surface area contributed by atoms with Gasteiger partial charge < -0.3 is 0 Å². The SMILES string of the molecule is CSc1nnc(C(F)F)c(=O)[nH]1.